The van der Waals surface area contributed by atoms with E-state index in [2.05, 4.69) is 10.6 Å². The van der Waals surface area contributed by atoms with Crippen LogP contribution >= 0.6 is 0 Å². The van der Waals surface area contributed by atoms with Crippen LogP contribution in [-0.4, -0.2) is 28.1 Å². The van der Waals surface area contributed by atoms with Crippen LogP contribution in [0.4, 0.5) is 0 Å². The molecule has 0 bridgehead atoms. The highest BCUT2D eigenvalue weighted by atomic mass is 16.5. The number of hydrogen-bond acceptors (Lipinski definition) is 6. The summed E-state index contributed by atoms with van der Waals surface area (Å²) in [6.07, 6.45) is 2.74. The average Bonchev–Trinajstić information content (AvgIpc) is 3.47. The van der Waals surface area contributed by atoms with Crippen molar-refractivity contribution in [1.82, 2.24) is 19.8 Å². The van der Waals surface area contributed by atoms with Crippen LogP contribution in [0.3, 0.4) is 0 Å². The number of unbranched alkanes of at least 4 members (excludes halogenated alkanes) is 1. The van der Waals surface area contributed by atoms with Gasteiger partial charge in [-0.3, -0.25) is 23.5 Å². The molecule has 2 heterocycles. The van der Waals surface area contributed by atoms with Crippen molar-refractivity contribution in [2.45, 2.75) is 45.4 Å². The van der Waals surface area contributed by atoms with Gasteiger partial charge in [0, 0.05) is 19.5 Å². The zero-order chi connectivity index (χ0) is 26.9. The third-order valence-electron chi connectivity index (χ3n) is 6.16. The summed E-state index contributed by atoms with van der Waals surface area (Å²) >= 11 is 0. The molecule has 38 heavy (non-hydrogen) atoms. The molecular weight excluding hydrogens is 488 g/mol. The Kier molecular flexibility index (Phi) is 8.76. The number of aromatic nitrogens is 2. The number of furan rings is 1. The van der Waals surface area contributed by atoms with E-state index in [9.17, 15) is 19.2 Å². The van der Waals surface area contributed by atoms with Gasteiger partial charge in [-0.15, -0.1) is 0 Å². The lowest BCUT2D eigenvalue weighted by atomic mass is 10.2. The Morgan fingerprint density at radius 3 is 2.37 bits per heavy atom. The van der Waals surface area contributed by atoms with E-state index in [1.807, 2.05) is 12.1 Å². The number of para-hydroxylation sites is 1. The maximum atomic E-state index is 13.3. The molecule has 0 radical (unpaired) electrons. The molecule has 2 aromatic carbocycles. The highest BCUT2D eigenvalue weighted by Gasteiger charge is 2.15. The molecule has 10 nitrogen and oxygen atoms in total. The van der Waals surface area contributed by atoms with Crippen LogP contribution in [-0.2, 0) is 35.8 Å². The Bertz CT molecular complexity index is 1500. The Morgan fingerprint density at radius 2 is 1.63 bits per heavy atom. The van der Waals surface area contributed by atoms with Gasteiger partial charge in [-0.25, -0.2) is 4.79 Å². The van der Waals surface area contributed by atoms with Gasteiger partial charge in [0.25, 0.3) is 5.56 Å². The number of rotatable bonds is 12. The molecule has 0 unspecified atom stereocenters. The van der Waals surface area contributed by atoms with Gasteiger partial charge in [-0.2, -0.15) is 0 Å². The topological polar surface area (TPSA) is 125 Å². The molecule has 0 saturated heterocycles. The molecule has 0 aliphatic heterocycles. The van der Waals surface area contributed by atoms with Gasteiger partial charge in [-0.1, -0.05) is 24.3 Å². The standard InChI is InChI=1S/C28H30N4O6/c1-37-21-13-11-20(12-14-21)17-29-26(34)19-32-24-9-3-2-8-23(24)27(35)31(28(32)36)15-5-4-10-25(33)30-18-22-7-6-16-38-22/h2-3,6-9,11-14,16H,4-5,10,15,17-19H2,1H3,(H,29,34)(H,30,33). The van der Waals surface area contributed by atoms with E-state index < -0.39 is 11.2 Å². The monoisotopic (exact) mass is 518 g/mol. The first-order valence-corrected chi connectivity index (χ1v) is 12.4. The van der Waals surface area contributed by atoms with Crippen LogP contribution in [0.5, 0.6) is 5.75 Å². The average molecular weight is 519 g/mol. The predicted molar refractivity (Wildman–Crippen MR) is 142 cm³/mol. The van der Waals surface area contributed by atoms with Gasteiger partial charge in [0.1, 0.15) is 18.1 Å². The summed E-state index contributed by atoms with van der Waals surface area (Å²) in [5.74, 6) is 0.884. The van der Waals surface area contributed by atoms with Gasteiger partial charge in [0.05, 0.1) is 30.8 Å². The summed E-state index contributed by atoms with van der Waals surface area (Å²) in [5.41, 5.74) is 0.309. The predicted octanol–water partition coefficient (Wildman–Crippen LogP) is 2.57. The zero-order valence-corrected chi connectivity index (χ0v) is 21.1. The second-order valence-corrected chi connectivity index (χ2v) is 8.78. The minimum atomic E-state index is -0.560. The van der Waals surface area contributed by atoms with Crippen molar-refractivity contribution in [2.75, 3.05) is 7.11 Å². The molecule has 0 fully saturated rings. The molecule has 0 aliphatic rings. The second kappa shape index (κ2) is 12.6. The van der Waals surface area contributed by atoms with Gasteiger partial charge < -0.3 is 19.8 Å². The van der Waals surface area contributed by atoms with Crippen molar-refractivity contribution >= 4 is 22.7 Å². The summed E-state index contributed by atoms with van der Waals surface area (Å²) in [4.78, 5) is 51.2. The molecular formula is C28H30N4O6. The third kappa shape index (κ3) is 6.58. The van der Waals surface area contributed by atoms with Crippen molar-refractivity contribution in [3.8, 4) is 5.75 Å². The first kappa shape index (κ1) is 26.5. The minimum Gasteiger partial charge on any atom is -0.497 e. The highest BCUT2D eigenvalue weighted by molar-refractivity contribution is 5.81. The van der Waals surface area contributed by atoms with Crippen LogP contribution in [0.2, 0.25) is 0 Å². The first-order valence-electron chi connectivity index (χ1n) is 12.4. The van der Waals surface area contributed by atoms with E-state index in [0.29, 0.717) is 36.0 Å². The lowest BCUT2D eigenvalue weighted by Crippen LogP contribution is -2.42. The Morgan fingerprint density at radius 1 is 0.868 bits per heavy atom. The maximum Gasteiger partial charge on any atom is 0.331 e. The molecule has 0 spiro atoms. The number of methoxy groups -OCH3 is 1. The Hall–Kier alpha value is -4.60. The first-order chi connectivity index (χ1) is 18.5. The molecule has 198 valence electrons. The minimum absolute atomic E-state index is 0.140. The number of nitrogens with one attached hydrogen (secondary N) is 2. The summed E-state index contributed by atoms with van der Waals surface area (Å²) < 4.78 is 12.8. The second-order valence-electron chi connectivity index (χ2n) is 8.78. The lowest BCUT2D eigenvalue weighted by Gasteiger charge is -2.14. The van der Waals surface area contributed by atoms with Crippen molar-refractivity contribution in [1.29, 1.82) is 0 Å². The van der Waals surface area contributed by atoms with Gasteiger partial charge in [0.2, 0.25) is 11.8 Å². The number of fused-ring (bicyclic) bond motifs is 1. The van der Waals surface area contributed by atoms with Crippen LogP contribution in [0.15, 0.2) is 80.9 Å². The third-order valence-corrected chi connectivity index (χ3v) is 6.16. The fourth-order valence-corrected chi connectivity index (χ4v) is 4.11. The number of ether oxygens (including phenoxy) is 1. The van der Waals surface area contributed by atoms with Crippen molar-refractivity contribution in [3.63, 3.8) is 0 Å². The number of carbonyl (C=O) groups excluding carboxylic acids is 2. The molecule has 0 atom stereocenters. The lowest BCUT2D eigenvalue weighted by molar-refractivity contribution is -0.122. The molecule has 0 saturated carbocycles. The fraction of sp³-hybridized carbons (Fsp3) is 0.286. The van der Waals surface area contributed by atoms with Crippen molar-refractivity contribution in [2.24, 2.45) is 0 Å². The van der Waals surface area contributed by atoms with Crippen LogP contribution in [0, 0.1) is 0 Å². The number of benzene rings is 2. The Balaban J connectivity index is 1.40. The molecule has 2 aromatic heterocycles. The van der Waals surface area contributed by atoms with E-state index >= 15 is 0 Å². The normalized spacial score (nSPS) is 10.9. The van der Waals surface area contributed by atoms with Crippen LogP contribution in [0.25, 0.3) is 10.9 Å². The van der Waals surface area contributed by atoms with Crippen molar-refractivity contribution in [3.05, 3.63) is 99.1 Å². The van der Waals surface area contributed by atoms with E-state index in [1.165, 1.54) is 4.57 Å². The molecule has 2 amide bonds. The number of carbonyl (C=O) groups is 2. The van der Waals surface area contributed by atoms with E-state index in [4.69, 9.17) is 9.15 Å². The summed E-state index contributed by atoms with van der Waals surface area (Å²) in [6.45, 7) is 0.505. The molecule has 4 aromatic rings. The van der Waals surface area contributed by atoms with Gasteiger partial charge in [-0.05, 0) is 54.8 Å². The quantitative estimate of drug-likeness (QED) is 0.278. The summed E-state index contributed by atoms with van der Waals surface area (Å²) in [6, 6.07) is 17.6. The summed E-state index contributed by atoms with van der Waals surface area (Å²) in [7, 11) is 1.58. The van der Waals surface area contributed by atoms with E-state index in [-0.39, 0.29) is 37.9 Å². The van der Waals surface area contributed by atoms with Crippen LogP contribution in [0.1, 0.15) is 30.6 Å². The Labute approximate surface area is 218 Å². The number of hydrogen-bond donors (Lipinski definition) is 2. The smallest absolute Gasteiger partial charge is 0.331 e. The van der Waals surface area contributed by atoms with E-state index in [1.54, 1.807) is 61.9 Å². The van der Waals surface area contributed by atoms with Crippen LogP contribution < -0.4 is 26.6 Å². The SMILES string of the molecule is COc1ccc(CNC(=O)Cn2c(=O)n(CCCCC(=O)NCc3ccco3)c(=O)c3ccccc32)cc1. The highest BCUT2D eigenvalue weighted by Crippen LogP contribution is 2.11. The summed E-state index contributed by atoms with van der Waals surface area (Å²) in [5, 5.41) is 5.95. The van der Waals surface area contributed by atoms with Gasteiger partial charge in [0.15, 0.2) is 0 Å². The fourth-order valence-electron chi connectivity index (χ4n) is 4.11. The van der Waals surface area contributed by atoms with E-state index in [0.717, 1.165) is 15.9 Å². The van der Waals surface area contributed by atoms with Gasteiger partial charge >= 0.3 is 5.69 Å². The molecule has 10 heteroatoms. The number of amides is 2. The molecule has 0 aliphatic carbocycles. The maximum absolute atomic E-state index is 13.3. The number of nitrogens with zero attached hydrogens (tertiary/aromatic N) is 2. The largest absolute Gasteiger partial charge is 0.497 e. The zero-order valence-electron chi connectivity index (χ0n) is 21.1. The van der Waals surface area contributed by atoms with Crippen molar-refractivity contribution < 1.29 is 18.7 Å². The molecule has 2 N–H and O–H groups in total. The molecule has 4 rings (SSSR count).